The zero-order valence-corrected chi connectivity index (χ0v) is 13.7. The summed E-state index contributed by atoms with van der Waals surface area (Å²) in [6.07, 6.45) is 0.993. The molecule has 1 heteroatoms. The fourth-order valence-electron chi connectivity index (χ4n) is 3.05. The van der Waals surface area contributed by atoms with E-state index < -0.39 is 6.85 Å². The van der Waals surface area contributed by atoms with E-state index in [1.54, 1.807) is 6.07 Å². The zero-order valence-electron chi connectivity index (χ0n) is 16.7. The third kappa shape index (κ3) is 2.41. The summed E-state index contributed by atoms with van der Waals surface area (Å²) in [5.41, 5.74) is 6.70. The summed E-state index contributed by atoms with van der Waals surface area (Å²) in [5, 5.41) is 1.19. The van der Waals surface area contributed by atoms with Crippen molar-refractivity contribution in [2.45, 2.75) is 34.0 Å². The lowest BCUT2D eigenvalue weighted by Crippen LogP contribution is -2.32. The molecular formula is C21H24N+. The number of fused-ring (bicyclic) bond motifs is 1. The molecule has 0 amide bonds. The van der Waals surface area contributed by atoms with E-state index in [1.807, 2.05) is 20.9 Å². The van der Waals surface area contributed by atoms with Crippen LogP contribution in [0.1, 0.15) is 33.3 Å². The Morgan fingerprint density at radius 3 is 2.55 bits per heavy atom. The number of nitrogens with zero attached hydrogens (tertiary/aromatic N) is 1. The predicted molar refractivity (Wildman–Crippen MR) is 94.1 cm³/mol. The second kappa shape index (κ2) is 5.57. The molecule has 0 fully saturated rings. The van der Waals surface area contributed by atoms with Crippen LogP contribution in [0.4, 0.5) is 0 Å². The highest BCUT2D eigenvalue weighted by molar-refractivity contribution is 5.79. The Kier molecular flexibility index (Phi) is 2.89. The lowest BCUT2D eigenvalue weighted by molar-refractivity contribution is -0.633. The van der Waals surface area contributed by atoms with Gasteiger partial charge in [0.2, 0.25) is 11.2 Å². The number of hydrogen-bond acceptors (Lipinski definition) is 0. The summed E-state index contributed by atoms with van der Waals surface area (Å²) in [6, 6.07) is 14.6. The Balaban J connectivity index is 2.30. The van der Waals surface area contributed by atoms with Gasteiger partial charge in [0.25, 0.3) is 0 Å². The summed E-state index contributed by atoms with van der Waals surface area (Å²) >= 11 is 0. The Hall–Kier alpha value is -2.15. The van der Waals surface area contributed by atoms with Crippen LogP contribution < -0.4 is 4.57 Å². The van der Waals surface area contributed by atoms with Crippen molar-refractivity contribution in [3.63, 3.8) is 0 Å². The molecule has 1 nitrogen and oxygen atoms in total. The Labute approximate surface area is 137 Å². The van der Waals surface area contributed by atoms with Gasteiger partial charge in [0.1, 0.15) is 7.05 Å². The molecule has 0 aliphatic rings. The van der Waals surface area contributed by atoms with Crippen molar-refractivity contribution >= 4 is 10.9 Å². The van der Waals surface area contributed by atoms with Crippen molar-refractivity contribution in [3.05, 3.63) is 64.7 Å². The first kappa shape index (κ1) is 11.4. The number of benzene rings is 2. The molecule has 0 saturated heterocycles. The second-order valence-corrected chi connectivity index (χ2v) is 6.01. The van der Waals surface area contributed by atoms with Crippen LogP contribution >= 0.6 is 0 Å². The smallest absolute Gasteiger partial charge is 0.194 e. The average Bonchev–Trinajstić information content (AvgIpc) is 2.56. The first-order chi connectivity index (χ1) is 11.7. The van der Waals surface area contributed by atoms with Gasteiger partial charge in [-0.25, -0.2) is 0 Å². The minimum absolute atomic E-state index is 0.435. The summed E-state index contributed by atoms with van der Waals surface area (Å²) in [4.78, 5) is 0. The van der Waals surface area contributed by atoms with Crippen molar-refractivity contribution in [3.8, 4) is 11.3 Å². The lowest BCUT2D eigenvalue weighted by atomic mass is 9.96. The molecule has 112 valence electrons. The second-order valence-electron chi connectivity index (χ2n) is 6.01. The van der Waals surface area contributed by atoms with Gasteiger partial charge in [-0.1, -0.05) is 24.6 Å². The van der Waals surface area contributed by atoms with E-state index in [1.165, 1.54) is 10.9 Å². The summed E-state index contributed by atoms with van der Waals surface area (Å²) in [7, 11) is 2.05. The molecule has 1 aromatic heterocycles. The quantitative estimate of drug-likeness (QED) is 0.596. The molecule has 0 N–H and O–H groups in total. The molecule has 0 saturated carbocycles. The van der Waals surface area contributed by atoms with Gasteiger partial charge in [-0.15, -0.1) is 0 Å². The Bertz CT molecular complexity index is 955. The van der Waals surface area contributed by atoms with Crippen LogP contribution in [0.3, 0.4) is 0 Å². The zero-order chi connectivity index (χ0) is 18.4. The van der Waals surface area contributed by atoms with E-state index in [2.05, 4.69) is 47.9 Å². The minimum atomic E-state index is -2.10. The molecule has 0 unspecified atom stereocenters. The van der Waals surface area contributed by atoms with Crippen molar-refractivity contribution < 1.29 is 8.68 Å². The Morgan fingerprint density at radius 2 is 1.82 bits per heavy atom. The van der Waals surface area contributed by atoms with Crippen LogP contribution in [0.2, 0.25) is 0 Å². The van der Waals surface area contributed by atoms with Gasteiger partial charge in [-0.3, -0.25) is 0 Å². The third-order valence-electron chi connectivity index (χ3n) is 4.47. The average molecular weight is 293 g/mol. The van der Waals surface area contributed by atoms with Gasteiger partial charge in [-0.05, 0) is 62.0 Å². The summed E-state index contributed by atoms with van der Waals surface area (Å²) in [5.74, 6) is 0. The van der Waals surface area contributed by atoms with Crippen molar-refractivity contribution in [1.29, 1.82) is 0 Å². The minimum Gasteiger partial charge on any atom is -0.194 e. The number of aromatic nitrogens is 1. The lowest BCUT2D eigenvalue weighted by Gasteiger charge is -2.10. The van der Waals surface area contributed by atoms with Gasteiger partial charge in [0.15, 0.2) is 0 Å². The number of rotatable bonds is 2. The monoisotopic (exact) mass is 293 g/mol. The largest absolute Gasteiger partial charge is 0.213 e. The summed E-state index contributed by atoms with van der Waals surface area (Å²) in [6.45, 7) is 3.91. The normalized spacial score (nSPS) is 13.7. The maximum Gasteiger partial charge on any atom is 0.213 e. The van der Waals surface area contributed by atoms with Gasteiger partial charge in [0.05, 0.1) is 0 Å². The molecule has 22 heavy (non-hydrogen) atoms. The van der Waals surface area contributed by atoms with Gasteiger partial charge in [0, 0.05) is 27.2 Å². The number of aryl methyl sites for hydroxylation is 4. The maximum absolute atomic E-state index is 7.83. The van der Waals surface area contributed by atoms with Crippen LogP contribution in [0.15, 0.2) is 42.5 Å². The van der Waals surface area contributed by atoms with Crippen LogP contribution in [0.25, 0.3) is 22.2 Å². The van der Waals surface area contributed by atoms with Crippen molar-refractivity contribution in [2.75, 3.05) is 0 Å². The van der Waals surface area contributed by atoms with Crippen LogP contribution in [0.5, 0.6) is 0 Å². The van der Waals surface area contributed by atoms with Crippen molar-refractivity contribution in [1.82, 2.24) is 0 Å². The molecule has 0 bridgehead atoms. The molecule has 0 aliphatic carbocycles. The topological polar surface area (TPSA) is 3.88 Å². The fourth-order valence-corrected chi connectivity index (χ4v) is 3.05. The molecule has 3 aromatic rings. The first-order valence-corrected chi connectivity index (χ1v) is 7.76. The van der Waals surface area contributed by atoms with E-state index in [9.17, 15) is 0 Å². The molecule has 0 aliphatic heterocycles. The van der Waals surface area contributed by atoms with E-state index >= 15 is 0 Å². The SMILES string of the molecule is [2H]C([2H])([2H])c1cc(C)cc(-c2ccc3ccc(CC)cc3[n+]2C)c1C. The van der Waals surface area contributed by atoms with Crippen LogP contribution in [0, 0.1) is 20.7 Å². The molecular weight excluding hydrogens is 266 g/mol. The number of pyridine rings is 1. The highest BCUT2D eigenvalue weighted by atomic mass is 14.9. The fraction of sp³-hybridized carbons (Fsp3) is 0.286. The molecule has 1 heterocycles. The van der Waals surface area contributed by atoms with Crippen LogP contribution in [-0.2, 0) is 13.5 Å². The molecule has 0 spiro atoms. The Morgan fingerprint density at radius 1 is 1.05 bits per heavy atom. The van der Waals surface area contributed by atoms with E-state index in [0.717, 1.165) is 34.3 Å². The molecule has 0 atom stereocenters. The summed E-state index contributed by atoms with van der Waals surface area (Å²) < 4.78 is 25.7. The third-order valence-corrected chi connectivity index (χ3v) is 4.47. The van der Waals surface area contributed by atoms with Crippen LogP contribution in [-0.4, -0.2) is 0 Å². The van der Waals surface area contributed by atoms with Gasteiger partial charge < -0.3 is 0 Å². The standard InChI is InChI=1S/C21H24N/c1-6-17-7-8-18-9-10-20(22(5)21(18)13-17)19-12-14(2)11-15(3)16(19)4/h7-13H,6H2,1-5H3/q+1/i3D3. The van der Waals surface area contributed by atoms with Gasteiger partial charge in [-0.2, -0.15) is 4.57 Å². The van der Waals surface area contributed by atoms with Gasteiger partial charge >= 0.3 is 0 Å². The molecule has 2 aromatic carbocycles. The van der Waals surface area contributed by atoms with E-state index in [4.69, 9.17) is 4.11 Å². The maximum atomic E-state index is 7.83. The highest BCUT2D eigenvalue weighted by Crippen LogP contribution is 2.26. The highest BCUT2D eigenvalue weighted by Gasteiger charge is 2.17. The first-order valence-electron chi connectivity index (χ1n) is 9.26. The van der Waals surface area contributed by atoms with E-state index in [-0.39, 0.29) is 0 Å². The molecule has 0 radical (unpaired) electrons. The molecule has 3 rings (SSSR count). The number of hydrogen-bond donors (Lipinski definition) is 0. The van der Waals surface area contributed by atoms with Crippen molar-refractivity contribution in [2.24, 2.45) is 7.05 Å². The predicted octanol–water partition coefficient (Wildman–Crippen LogP) is 4.82. The van der Waals surface area contributed by atoms with E-state index in [0.29, 0.717) is 5.56 Å².